The van der Waals surface area contributed by atoms with Crippen molar-refractivity contribution < 1.29 is 18.7 Å². The fourth-order valence-electron chi connectivity index (χ4n) is 3.99. The summed E-state index contributed by atoms with van der Waals surface area (Å²) in [5.74, 6) is -0.265. The summed E-state index contributed by atoms with van der Waals surface area (Å²) in [7, 11) is 1.51. The van der Waals surface area contributed by atoms with Gasteiger partial charge in [-0.25, -0.2) is 4.39 Å². The minimum Gasteiger partial charge on any atom is -0.381 e. The number of rotatable bonds is 5. The molecule has 2 aromatic rings. The number of nitrogens with one attached hydrogen (secondary N) is 2. The zero-order chi connectivity index (χ0) is 20.0. The molecule has 8 heteroatoms. The lowest BCUT2D eigenvalue weighted by molar-refractivity contribution is 0.0915. The first-order valence-electron chi connectivity index (χ1n) is 9.37. The first kappa shape index (κ1) is 18.6. The SMILES string of the molecule is CNC(=O)c1cc(C(=O)NC2[C@H]3COC[C@@H]23)n(C(C)c2cccc(F)c2C)n1. The summed E-state index contributed by atoms with van der Waals surface area (Å²) in [4.78, 5) is 25.0. The van der Waals surface area contributed by atoms with E-state index in [0.29, 0.717) is 36.2 Å². The van der Waals surface area contributed by atoms with Crippen LogP contribution in [0, 0.1) is 24.6 Å². The molecule has 1 aliphatic carbocycles. The van der Waals surface area contributed by atoms with E-state index in [2.05, 4.69) is 15.7 Å². The summed E-state index contributed by atoms with van der Waals surface area (Å²) in [6.45, 7) is 4.85. The summed E-state index contributed by atoms with van der Waals surface area (Å²) >= 11 is 0. The molecule has 2 N–H and O–H groups in total. The Morgan fingerprint density at radius 2 is 2.00 bits per heavy atom. The van der Waals surface area contributed by atoms with Crippen molar-refractivity contribution in [1.29, 1.82) is 0 Å². The van der Waals surface area contributed by atoms with E-state index in [9.17, 15) is 14.0 Å². The topological polar surface area (TPSA) is 85.3 Å². The van der Waals surface area contributed by atoms with Crippen LogP contribution in [0.5, 0.6) is 0 Å². The Bertz CT molecular complexity index is 932. The predicted octanol–water partition coefficient (Wildman–Crippen LogP) is 1.67. The number of halogens is 1. The van der Waals surface area contributed by atoms with Crippen molar-refractivity contribution in [2.75, 3.05) is 20.3 Å². The summed E-state index contributed by atoms with van der Waals surface area (Å²) in [5, 5.41) is 9.90. The van der Waals surface area contributed by atoms with Crippen molar-refractivity contribution in [1.82, 2.24) is 20.4 Å². The highest BCUT2D eigenvalue weighted by atomic mass is 19.1. The van der Waals surface area contributed by atoms with Crippen LogP contribution in [0.2, 0.25) is 0 Å². The zero-order valence-electron chi connectivity index (χ0n) is 16.0. The van der Waals surface area contributed by atoms with Gasteiger partial charge in [-0.2, -0.15) is 5.10 Å². The van der Waals surface area contributed by atoms with Crippen molar-refractivity contribution in [2.45, 2.75) is 25.9 Å². The van der Waals surface area contributed by atoms with Gasteiger partial charge in [-0.1, -0.05) is 12.1 Å². The second-order valence-electron chi connectivity index (χ2n) is 7.43. The molecule has 2 aliphatic rings. The second kappa shape index (κ2) is 7.01. The molecule has 4 atom stereocenters. The lowest BCUT2D eigenvalue weighted by Crippen LogP contribution is -2.32. The third-order valence-electron chi connectivity index (χ3n) is 5.80. The van der Waals surface area contributed by atoms with Crippen molar-refractivity contribution in [3.8, 4) is 0 Å². The van der Waals surface area contributed by atoms with Gasteiger partial charge in [-0.3, -0.25) is 14.3 Å². The summed E-state index contributed by atoms with van der Waals surface area (Å²) < 4.78 is 20.9. The van der Waals surface area contributed by atoms with Crippen LogP contribution in [0.25, 0.3) is 0 Å². The highest BCUT2D eigenvalue weighted by molar-refractivity contribution is 5.98. The largest absolute Gasteiger partial charge is 0.381 e. The molecule has 1 saturated carbocycles. The molecule has 7 nitrogen and oxygen atoms in total. The van der Waals surface area contributed by atoms with Gasteiger partial charge in [0.25, 0.3) is 11.8 Å². The standard InChI is InChI=1S/C20H23FN4O3/c1-10-12(5-4-6-15(10)21)11(2)25-17(7-16(24-25)19(26)22-3)20(27)23-18-13-8-28-9-14(13)18/h4-7,11,13-14,18H,8-9H2,1-3H3,(H,22,26)(H,23,27)/t11?,13-,14+,18?. The van der Waals surface area contributed by atoms with E-state index in [4.69, 9.17) is 4.74 Å². The van der Waals surface area contributed by atoms with Crippen molar-refractivity contribution in [3.63, 3.8) is 0 Å². The Labute approximate surface area is 162 Å². The maximum Gasteiger partial charge on any atom is 0.271 e. The predicted molar refractivity (Wildman–Crippen MR) is 99.6 cm³/mol. The van der Waals surface area contributed by atoms with E-state index in [1.165, 1.54) is 23.9 Å². The van der Waals surface area contributed by atoms with Gasteiger partial charge in [-0.05, 0) is 31.0 Å². The van der Waals surface area contributed by atoms with Crippen LogP contribution < -0.4 is 10.6 Å². The average Bonchev–Trinajstić information content (AvgIpc) is 3.10. The first-order chi connectivity index (χ1) is 13.4. The Balaban J connectivity index is 1.66. The number of hydrogen-bond acceptors (Lipinski definition) is 4. The molecular formula is C20H23FN4O3. The normalized spacial score (nSPS) is 23.8. The van der Waals surface area contributed by atoms with E-state index >= 15 is 0 Å². The Hall–Kier alpha value is -2.74. The Morgan fingerprint density at radius 1 is 1.29 bits per heavy atom. The third kappa shape index (κ3) is 3.07. The molecule has 148 valence electrons. The molecule has 2 fully saturated rings. The van der Waals surface area contributed by atoms with Gasteiger partial charge in [0.05, 0.1) is 19.3 Å². The molecular weight excluding hydrogens is 363 g/mol. The number of carbonyl (C=O) groups is 2. The highest BCUT2D eigenvalue weighted by Crippen LogP contribution is 2.44. The molecule has 28 heavy (non-hydrogen) atoms. The molecule has 2 unspecified atom stereocenters. The van der Waals surface area contributed by atoms with Gasteiger partial charge < -0.3 is 15.4 Å². The molecule has 1 aromatic carbocycles. The van der Waals surface area contributed by atoms with E-state index in [-0.39, 0.29) is 35.1 Å². The van der Waals surface area contributed by atoms with E-state index in [1.54, 1.807) is 19.1 Å². The molecule has 1 saturated heterocycles. The maximum absolute atomic E-state index is 14.0. The number of hydrogen-bond donors (Lipinski definition) is 2. The average molecular weight is 386 g/mol. The fourth-order valence-corrected chi connectivity index (χ4v) is 3.99. The van der Waals surface area contributed by atoms with Gasteiger partial charge in [0.1, 0.15) is 11.5 Å². The smallest absolute Gasteiger partial charge is 0.271 e. The van der Waals surface area contributed by atoms with Crippen molar-refractivity contribution in [3.05, 3.63) is 52.6 Å². The van der Waals surface area contributed by atoms with Crippen LogP contribution in [-0.2, 0) is 4.74 Å². The number of nitrogens with zero attached hydrogens (tertiary/aromatic N) is 2. The van der Waals surface area contributed by atoms with E-state index in [0.717, 1.165) is 0 Å². The number of carbonyl (C=O) groups excluding carboxylic acids is 2. The van der Waals surface area contributed by atoms with Crippen LogP contribution in [0.4, 0.5) is 4.39 Å². The Kier molecular flexibility index (Phi) is 4.66. The van der Waals surface area contributed by atoms with Crippen LogP contribution in [0.1, 0.15) is 45.1 Å². The minimum atomic E-state index is -0.420. The van der Waals surface area contributed by atoms with Gasteiger partial charge in [0.15, 0.2) is 5.69 Å². The van der Waals surface area contributed by atoms with Gasteiger partial charge in [-0.15, -0.1) is 0 Å². The van der Waals surface area contributed by atoms with Gasteiger partial charge in [0.2, 0.25) is 0 Å². The van der Waals surface area contributed by atoms with Crippen molar-refractivity contribution >= 4 is 11.8 Å². The molecule has 0 bridgehead atoms. The van der Waals surface area contributed by atoms with E-state index < -0.39 is 6.04 Å². The molecule has 0 radical (unpaired) electrons. The third-order valence-corrected chi connectivity index (χ3v) is 5.80. The quantitative estimate of drug-likeness (QED) is 0.819. The van der Waals surface area contributed by atoms with Crippen LogP contribution in [0.15, 0.2) is 24.3 Å². The molecule has 4 rings (SSSR count). The van der Waals surface area contributed by atoms with E-state index in [1.807, 2.05) is 6.92 Å². The fraction of sp³-hybridized carbons (Fsp3) is 0.450. The lowest BCUT2D eigenvalue weighted by atomic mass is 10.0. The van der Waals surface area contributed by atoms with Crippen LogP contribution >= 0.6 is 0 Å². The molecule has 1 aromatic heterocycles. The molecule has 2 heterocycles. The highest BCUT2D eigenvalue weighted by Gasteiger charge is 2.55. The van der Waals surface area contributed by atoms with Gasteiger partial charge in [0, 0.05) is 31.0 Å². The van der Waals surface area contributed by atoms with Crippen LogP contribution in [-0.4, -0.2) is 47.9 Å². The summed E-state index contributed by atoms with van der Waals surface area (Å²) in [6.07, 6.45) is 0. The molecule has 1 aliphatic heterocycles. The minimum absolute atomic E-state index is 0.0965. The number of ether oxygens (including phenoxy) is 1. The second-order valence-corrected chi connectivity index (χ2v) is 7.43. The number of benzene rings is 1. The number of amides is 2. The molecule has 2 amide bonds. The zero-order valence-corrected chi connectivity index (χ0v) is 16.0. The lowest BCUT2D eigenvalue weighted by Gasteiger charge is -2.18. The maximum atomic E-state index is 14.0. The van der Waals surface area contributed by atoms with Crippen molar-refractivity contribution in [2.24, 2.45) is 11.8 Å². The summed E-state index contributed by atoms with van der Waals surface area (Å²) in [5.41, 5.74) is 1.62. The first-order valence-corrected chi connectivity index (χ1v) is 9.37. The van der Waals surface area contributed by atoms with Crippen LogP contribution in [0.3, 0.4) is 0 Å². The summed E-state index contributed by atoms with van der Waals surface area (Å²) in [6, 6.07) is 5.98. The monoisotopic (exact) mass is 386 g/mol. The Morgan fingerprint density at radius 3 is 2.68 bits per heavy atom. The van der Waals surface area contributed by atoms with Gasteiger partial charge >= 0.3 is 0 Å². The number of aromatic nitrogens is 2. The number of fused-ring (bicyclic) bond motifs is 1. The molecule has 0 spiro atoms.